The summed E-state index contributed by atoms with van der Waals surface area (Å²) in [4.78, 5) is 17.7. The van der Waals surface area contributed by atoms with E-state index in [0.29, 0.717) is 13.0 Å². The van der Waals surface area contributed by atoms with E-state index >= 15 is 0 Å². The van der Waals surface area contributed by atoms with Gasteiger partial charge in [-0.1, -0.05) is 6.07 Å². The Morgan fingerprint density at radius 3 is 2.83 bits per heavy atom. The van der Waals surface area contributed by atoms with Crippen molar-refractivity contribution in [3.05, 3.63) is 43.0 Å². The molecule has 1 aliphatic heterocycles. The van der Waals surface area contributed by atoms with Gasteiger partial charge in [-0.2, -0.15) is 12.6 Å². The van der Waals surface area contributed by atoms with Crippen LogP contribution in [0.5, 0.6) is 0 Å². The minimum atomic E-state index is 0.134. The van der Waals surface area contributed by atoms with Crippen LogP contribution in [0, 0.1) is 0 Å². The molecule has 3 rings (SSSR count). The summed E-state index contributed by atoms with van der Waals surface area (Å²) >= 11 is 4.37. The fourth-order valence-electron chi connectivity index (χ4n) is 2.17. The maximum atomic E-state index is 11.8. The lowest BCUT2D eigenvalue weighted by molar-refractivity contribution is -0.117. The van der Waals surface area contributed by atoms with Crippen LogP contribution in [0.3, 0.4) is 0 Å². The van der Waals surface area contributed by atoms with E-state index in [0.717, 1.165) is 11.4 Å². The summed E-state index contributed by atoms with van der Waals surface area (Å²) in [7, 11) is 0. The Bertz CT molecular complexity index is 567. The summed E-state index contributed by atoms with van der Waals surface area (Å²) < 4.78 is 1.92. The minimum absolute atomic E-state index is 0.134. The highest BCUT2D eigenvalue weighted by atomic mass is 32.1. The van der Waals surface area contributed by atoms with Crippen LogP contribution in [0.2, 0.25) is 0 Å². The molecule has 1 aliphatic rings. The fraction of sp³-hybridized carbons (Fsp3) is 0.231. The molecule has 0 aliphatic carbocycles. The number of benzene rings is 1. The molecule has 1 aromatic heterocycles. The summed E-state index contributed by atoms with van der Waals surface area (Å²) in [5, 5.41) is 0.134. The molecule has 0 saturated carbocycles. The predicted octanol–water partition coefficient (Wildman–Crippen LogP) is 1.91. The molecular weight excluding hydrogens is 246 g/mol. The zero-order chi connectivity index (χ0) is 12.5. The van der Waals surface area contributed by atoms with Crippen LogP contribution in [0.25, 0.3) is 5.69 Å². The van der Waals surface area contributed by atoms with Gasteiger partial charge < -0.3 is 9.47 Å². The van der Waals surface area contributed by atoms with E-state index in [1.807, 2.05) is 35.0 Å². The smallest absolute Gasteiger partial charge is 0.228 e. The molecule has 1 saturated heterocycles. The molecule has 0 radical (unpaired) electrons. The maximum absolute atomic E-state index is 11.8. The molecule has 4 nitrogen and oxygen atoms in total. The Balaban J connectivity index is 1.94. The van der Waals surface area contributed by atoms with Gasteiger partial charge in [0.25, 0.3) is 0 Å². The van der Waals surface area contributed by atoms with Gasteiger partial charge in [-0.15, -0.1) is 0 Å². The van der Waals surface area contributed by atoms with Gasteiger partial charge in [0.1, 0.15) is 0 Å². The summed E-state index contributed by atoms with van der Waals surface area (Å²) in [6.07, 6.45) is 5.87. The van der Waals surface area contributed by atoms with Crippen LogP contribution in [-0.2, 0) is 4.79 Å². The summed E-state index contributed by atoms with van der Waals surface area (Å²) in [5.74, 6) is 0.137. The van der Waals surface area contributed by atoms with Gasteiger partial charge in [0.15, 0.2) is 0 Å². The normalized spacial score (nSPS) is 19.5. The van der Waals surface area contributed by atoms with Crippen molar-refractivity contribution in [1.82, 2.24) is 9.55 Å². The third-order valence-corrected chi connectivity index (χ3v) is 3.39. The molecule has 0 bridgehead atoms. The van der Waals surface area contributed by atoms with Crippen LogP contribution in [0.4, 0.5) is 5.69 Å². The van der Waals surface area contributed by atoms with Crippen molar-refractivity contribution in [2.45, 2.75) is 11.7 Å². The Morgan fingerprint density at radius 2 is 2.17 bits per heavy atom. The molecule has 1 atom stereocenters. The number of anilines is 1. The molecule has 2 aromatic rings. The molecule has 5 heteroatoms. The quantitative estimate of drug-likeness (QED) is 0.837. The average molecular weight is 259 g/mol. The van der Waals surface area contributed by atoms with Crippen molar-refractivity contribution in [3.63, 3.8) is 0 Å². The van der Waals surface area contributed by atoms with Gasteiger partial charge in [-0.3, -0.25) is 4.79 Å². The summed E-state index contributed by atoms with van der Waals surface area (Å²) in [5.41, 5.74) is 1.92. The third-order valence-electron chi connectivity index (χ3n) is 3.05. The monoisotopic (exact) mass is 259 g/mol. The zero-order valence-corrected chi connectivity index (χ0v) is 10.6. The lowest BCUT2D eigenvalue weighted by atomic mass is 10.2. The number of imidazole rings is 1. The molecule has 92 valence electrons. The predicted molar refractivity (Wildman–Crippen MR) is 73.3 cm³/mol. The maximum Gasteiger partial charge on any atom is 0.228 e. The lowest BCUT2D eigenvalue weighted by Crippen LogP contribution is -2.24. The third kappa shape index (κ3) is 2.01. The Kier molecular flexibility index (Phi) is 2.83. The number of thiol groups is 1. The van der Waals surface area contributed by atoms with Crippen LogP contribution in [0.1, 0.15) is 6.42 Å². The molecule has 0 N–H and O–H groups in total. The van der Waals surface area contributed by atoms with Crippen molar-refractivity contribution in [2.75, 3.05) is 11.4 Å². The molecular formula is C13H13N3OS. The van der Waals surface area contributed by atoms with Crippen molar-refractivity contribution in [1.29, 1.82) is 0 Å². The van der Waals surface area contributed by atoms with E-state index in [4.69, 9.17) is 0 Å². The van der Waals surface area contributed by atoms with Gasteiger partial charge >= 0.3 is 0 Å². The lowest BCUT2D eigenvalue weighted by Gasteiger charge is -2.17. The molecule has 1 unspecified atom stereocenters. The van der Waals surface area contributed by atoms with Gasteiger partial charge in [0, 0.05) is 42.0 Å². The van der Waals surface area contributed by atoms with Gasteiger partial charge in [-0.25, -0.2) is 4.98 Å². The first-order valence-electron chi connectivity index (χ1n) is 5.81. The fourth-order valence-corrected chi connectivity index (χ4v) is 2.49. The molecule has 2 heterocycles. The number of hydrogen-bond acceptors (Lipinski definition) is 3. The van der Waals surface area contributed by atoms with Crippen LogP contribution >= 0.6 is 12.6 Å². The second-order valence-corrected chi connectivity index (χ2v) is 5.08. The van der Waals surface area contributed by atoms with Gasteiger partial charge in [-0.05, 0) is 18.2 Å². The molecule has 1 amide bonds. The number of carbonyl (C=O) groups is 1. The number of nitrogens with zero attached hydrogens (tertiary/aromatic N) is 3. The van der Waals surface area contributed by atoms with E-state index in [1.165, 1.54) is 0 Å². The zero-order valence-electron chi connectivity index (χ0n) is 9.73. The highest BCUT2D eigenvalue weighted by Gasteiger charge is 2.28. The van der Waals surface area contributed by atoms with Crippen molar-refractivity contribution in [2.24, 2.45) is 0 Å². The number of hydrogen-bond donors (Lipinski definition) is 1. The Labute approximate surface area is 111 Å². The van der Waals surface area contributed by atoms with Crippen LogP contribution < -0.4 is 4.90 Å². The van der Waals surface area contributed by atoms with Crippen molar-refractivity contribution >= 4 is 24.2 Å². The topological polar surface area (TPSA) is 38.1 Å². The van der Waals surface area contributed by atoms with E-state index < -0.39 is 0 Å². The summed E-state index contributed by atoms with van der Waals surface area (Å²) in [6, 6.07) is 7.88. The minimum Gasteiger partial charge on any atom is -0.311 e. The Hall–Kier alpha value is -1.75. The largest absolute Gasteiger partial charge is 0.311 e. The Morgan fingerprint density at radius 1 is 1.33 bits per heavy atom. The van der Waals surface area contributed by atoms with E-state index in [-0.39, 0.29) is 11.2 Å². The molecule has 0 spiro atoms. The molecule has 1 fully saturated rings. The van der Waals surface area contributed by atoms with E-state index in [9.17, 15) is 4.79 Å². The first-order chi connectivity index (χ1) is 8.74. The van der Waals surface area contributed by atoms with E-state index in [2.05, 4.69) is 17.6 Å². The van der Waals surface area contributed by atoms with E-state index in [1.54, 1.807) is 17.4 Å². The summed E-state index contributed by atoms with van der Waals surface area (Å²) in [6.45, 7) is 0.676. The number of aromatic nitrogens is 2. The van der Waals surface area contributed by atoms with Crippen molar-refractivity contribution < 1.29 is 4.79 Å². The van der Waals surface area contributed by atoms with Crippen molar-refractivity contribution in [3.8, 4) is 5.69 Å². The number of amides is 1. The number of rotatable bonds is 2. The van der Waals surface area contributed by atoms with Crippen LogP contribution in [0.15, 0.2) is 43.0 Å². The van der Waals surface area contributed by atoms with Gasteiger partial charge in [0.05, 0.1) is 6.33 Å². The molecule has 1 aromatic carbocycles. The SMILES string of the molecule is O=C1CC(S)CN1c1cccc(-n2ccnc2)c1. The molecule has 18 heavy (non-hydrogen) atoms. The highest BCUT2D eigenvalue weighted by molar-refractivity contribution is 7.81. The number of carbonyl (C=O) groups excluding carboxylic acids is 1. The highest BCUT2D eigenvalue weighted by Crippen LogP contribution is 2.25. The first kappa shape index (κ1) is 11.3. The first-order valence-corrected chi connectivity index (χ1v) is 6.32. The second kappa shape index (κ2) is 4.49. The van der Waals surface area contributed by atoms with Gasteiger partial charge in [0.2, 0.25) is 5.91 Å². The standard InChI is InChI=1S/C13H13N3OS/c17-13-7-12(18)8-16(13)11-3-1-2-10(6-11)15-5-4-14-9-15/h1-6,9,12,18H,7-8H2. The van der Waals surface area contributed by atoms with Crippen LogP contribution in [-0.4, -0.2) is 27.3 Å². The average Bonchev–Trinajstić information content (AvgIpc) is 2.99. The second-order valence-electron chi connectivity index (χ2n) is 4.35.